The van der Waals surface area contributed by atoms with Crippen molar-refractivity contribution in [3.63, 3.8) is 0 Å². The number of hydrogen-bond acceptors (Lipinski definition) is 2. The smallest absolute Gasteiger partial charge is 0.123 e. The summed E-state index contributed by atoms with van der Waals surface area (Å²) in [7, 11) is 0. The molecule has 2 rings (SSSR count). The van der Waals surface area contributed by atoms with Gasteiger partial charge in [-0.1, -0.05) is 29.8 Å². The van der Waals surface area contributed by atoms with Crippen molar-refractivity contribution in [3.8, 4) is 5.75 Å². The maximum absolute atomic E-state index is 13.1. The molecule has 0 aliphatic heterocycles. The Morgan fingerprint density at radius 3 is 2.74 bits per heavy atom. The Morgan fingerprint density at radius 2 is 2.00 bits per heavy atom. The third kappa shape index (κ3) is 3.55. The van der Waals surface area contributed by atoms with Crippen LogP contribution in [0.25, 0.3) is 0 Å². The van der Waals surface area contributed by atoms with Gasteiger partial charge in [0, 0.05) is 18.2 Å². The molecule has 0 bridgehead atoms. The summed E-state index contributed by atoms with van der Waals surface area (Å²) in [6.07, 6.45) is 0. The summed E-state index contributed by atoms with van der Waals surface area (Å²) in [4.78, 5) is 0. The molecule has 0 fully saturated rings. The molecule has 0 saturated carbocycles. The van der Waals surface area contributed by atoms with Gasteiger partial charge in [-0.05, 0) is 37.6 Å². The first-order chi connectivity index (χ1) is 9.06. The molecule has 2 nitrogen and oxygen atoms in total. The van der Waals surface area contributed by atoms with Crippen molar-refractivity contribution < 1.29 is 9.50 Å². The summed E-state index contributed by atoms with van der Waals surface area (Å²) < 4.78 is 13.1. The first kappa shape index (κ1) is 13.6. The third-order valence-corrected chi connectivity index (χ3v) is 3.18. The van der Waals surface area contributed by atoms with Crippen molar-refractivity contribution in [3.05, 3.63) is 65.0 Å². The average molecular weight is 259 g/mol. The highest BCUT2D eigenvalue weighted by Crippen LogP contribution is 2.20. The van der Waals surface area contributed by atoms with Crippen molar-refractivity contribution >= 4 is 0 Å². The molecule has 1 atom stereocenters. The molecule has 0 aliphatic carbocycles. The maximum atomic E-state index is 13.1. The van der Waals surface area contributed by atoms with Gasteiger partial charge in [-0.3, -0.25) is 0 Å². The van der Waals surface area contributed by atoms with Crippen LogP contribution in [0.4, 0.5) is 4.39 Å². The van der Waals surface area contributed by atoms with E-state index >= 15 is 0 Å². The number of benzene rings is 2. The molecule has 2 aromatic carbocycles. The van der Waals surface area contributed by atoms with Crippen LogP contribution in [-0.2, 0) is 6.54 Å². The van der Waals surface area contributed by atoms with Crippen LogP contribution in [0, 0.1) is 12.7 Å². The van der Waals surface area contributed by atoms with Crippen LogP contribution in [0.5, 0.6) is 5.75 Å². The van der Waals surface area contributed by atoms with Crippen molar-refractivity contribution in [1.82, 2.24) is 5.32 Å². The Bertz CT molecular complexity index is 568. The minimum absolute atomic E-state index is 0.0237. The molecule has 0 aliphatic rings. The third-order valence-electron chi connectivity index (χ3n) is 3.18. The van der Waals surface area contributed by atoms with E-state index in [1.54, 1.807) is 12.1 Å². The lowest BCUT2D eigenvalue weighted by Gasteiger charge is -2.15. The summed E-state index contributed by atoms with van der Waals surface area (Å²) in [5, 5.41) is 13.0. The highest BCUT2D eigenvalue weighted by molar-refractivity contribution is 5.35. The Morgan fingerprint density at radius 1 is 1.21 bits per heavy atom. The molecule has 100 valence electrons. The SMILES string of the molecule is Cc1ccc(O)c(CN[C@@H](C)c2cccc(F)c2)c1. The molecule has 0 heterocycles. The van der Waals surface area contributed by atoms with Gasteiger partial charge in [-0.15, -0.1) is 0 Å². The summed E-state index contributed by atoms with van der Waals surface area (Å²) in [6.45, 7) is 4.51. The number of halogens is 1. The van der Waals surface area contributed by atoms with Crippen LogP contribution in [0.1, 0.15) is 29.7 Å². The molecule has 2 N–H and O–H groups in total. The van der Waals surface area contributed by atoms with Crippen LogP contribution < -0.4 is 5.32 Å². The van der Waals surface area contributed by atoms with Crippen LogP contribution in [0.15, 0.2) is 42.5 Å². The van der Waals surface area contributed by atoms with Gasteiger partial charge in [0.2, 0.25) is 0 Å². The van der Waals surface area contributed by atoms with Gasteiger partial charge < -0.3 is 10.4 Å². The minimum Gasteiger partial charge on any atom is -0.508 e. The number of rotatable bonds is 4. The highest BCUT2D eigenvalue weighted by Gasteiger charge is 2.07. The maximum Gasteiger partial charge on any atom is 0.123 e. The van der Waals surface area contributed by atoms with Gasteiger partial charge in [-0.2, -0.15) is 0 Å². The fraction of sp³-hybridized carbons (Fsp3) is 0.250. The van der Waals surface area contributed by atoms with Gasteiger partial charge in [0.25, 0.3) is 0 Å². The van der Waals surface area contributed by atoms with Crippen molar-refractivity contribution in [2.75, 3.05) is 0 Å². The zero-order valence-corrected chi connectivity index (χ0v) is 11.2. The topological polar surface area (TPSA) is 32.3 Å². The van der Waals surface area contributed by atoms with E-state index in [9.17, 15) is 9.50 Å². The fourth-order valence-corrected chi connectivity index (χ4v) is 2.01. The minimum atomic E-state index is -0.232. The van der Waals surface area contributed by atoms with Crippen molar-refractivity contribution in [1.29, 1.82) is 0 Å². The molecule has 0 aromatic heterocycles. The van der Waals surface area contributed by atoms with E-state index in [-0.39, 0.29) is 17.6 Å². The zero-order chi connectivity index (χ0) is 13.8. The van der Waals surface area contributed by atoms with E-state index in [0.29, 0.717) is 6.54 Å². The van der Waals surface area contributed by atoms with Gasteiger partial charge in [0.15, 0.2) is 0 Å². The van der Waals surface area contributed by atoms with Crippen molar-refractivity contribution in [2.24, 2.45) is 0 Å². The number of aromatic hydroxyl groups is 1. The molecular formula is C16H18FNO. The first-order valence-electron chi connectivity index (χ1n) is 6.33. The molecule has 3 heteroatoms. The summed E-state index contributed by atoms with van der Waals surface area (Å²) in [6, 6.07) is 12.1. The predicted molar refractivity (Wildman–Crippen MR) is 74.5 cm³/mol. The van der Waals surface area contributed by atoms with Crippen LogP contribution >= 0.6 is 0 Å². The summed E-state index contributed by atoms with van der Waals surface area (Å²) in [5.41, 5.74) is 2.85. The van der Waals surface area contributed by atoms with E-state index in [1.807, 2.05) is 32.0 Å². The number of phenolic OH excluding ortho intramolecular Hbond substituents is 1. The number of phenols is 1. The normalized spacial score (nSPS) is 12.4. The highest BCUT2D eigenvalue weighted by atomic mass is 19.1. The lowest BCUT2D eigenvalue weighted by molar-refractivity contribution is 0.460. The average Bonchev–Trinajstić information content (AvgIpc) is 2.39. The quantitative estimate of drug-likeness (QED) is 0.877. The van der Waals surface area contributed by atoms with E-state index in [0.717, 1.165) is 16.7 Å². The second kappa shape index (κ2) is 5.85. The monoisotopic (exact) mass is 259 g/mol. The molecule has 0 unspecified atom stereocenters. The molecule has 0 amide bonds. The first-order valence-corrected chi connectivity index (χ1v) is 6.33. The van der Waals surface area contributed by atoms with Crippen molar-refractivity contribution in [2.45, 2.75) is 26.4 Å². The Hall–Kier alpha value is -1.87. The number of nitrogens with one attached hydrogen (secondary N) is 1. The Labute approximate surface area is 112 Å². The lowest BCUT2D eigenvalue weighted by Crippen LogP contribution is -2.18. The molecule has 0 radical (unpaired) electrons. The standard InChI is InChI=1S/C16H18FNO/c1-11-6-7-16(19)14(8-11)10-18-12(2)13-4-3-5-15(17)9-13/h3-9,12,18-19H,10H2,1-2H3/t12-/m0/s1. The largest absolute Gasteiger partial charge is 0.508 e. The molecule has 0 saturated heterocycles. The number of hydrogen-bond donors (Lipinski definition) is 2. The molecule has 0 spiro atoms. The number of aryl methyl sites for hydroxylation is 1. The van der Waals surface area contributed by atoms with E-state index in [4.69, 9.17) is 0 Å². The van der Waals surface area contributed by atoms with E-state index in [2.05, 4.69) is 5.32 Å². The summed E-state index contributed by atoms with van der Waals surface area (Å²) >= 11 is 0. The predicted octanol–water partition coefficient (Wildman–Crippen LogP) is 3.69. The second-order valence-corrected chi connectivity index (χ2v) is 4.79. The molecule has 19 heavy (non-hydrogen) atoms. The Balaban J connectivity index is 2.04. The Kier molecular flexibility index (Phi) is 4.17. The van der Waals surface area contributed by atoms with Crippen LogP contribution in [-0.4, -0.2) is 5.11 Å². The summed E-state index contributed by atoms with van der Waals surface area (Å²) in [5.74, 6) is 0.0501. The van der Waals surface area contributed by atoms with Gasteiger partial charge in [-0.25, -0.2) is 4.39 Å². The zero-order valence-electron chi connectivity index (χ0n) is 11.2. The molecular weight excluding hydrogens is 241 g/mol. The molecule has 2 aromatic rings. The van der Waals surface area contributed by atoms with Crippen LogP contribution in [0.3, 0.4) is 0 Å². The van der Waals surface area contributed by atoms with Gasteiger partial charge in [0.1, 0.15) is 11.6 Å². The van der Waals surface area contributed by atoms with E-state index < -0.39 is 0 Å². The fourth-order valence-electron chi connectivity index (χ4n) is 2.01. The van der Waals surface area contributed by atoms with E-state index in [1.165, 1.54) is 12.1 Å². The van der Waals surface area contributed by atoms with Gasteiger partial charge >= 0.3 is 0 Å². The lowest BCUT2D eigenvalue weighted by atomic mass is 10.1. The van der Waals surface area contributed by atoms with Gasteiger partial charge in [0.05, 0.1) is 0 Å². The van der Waals surface area contributed by atoms with Crippen LogP contribution in [0.2, 0.25) is 0 Å². The second-order valence-electron chi connectivity index (χ2n) is 4.79.